The molecule has 1 heterocycles. The number of ether oxygens (including phenoxy) is 1. The molecule has 0 saturated carbocycles. The Morgan fingerprint density at radius 2 is 2.11 bits per heavy atom. The summed E-state index contributed by atoms with van der Waals surface area (Å²) in [5.74, 6) is 0.355. The third-order valence-electron chi connectivity index (χ3n) is 2.40. The summed E-state index contributed by atoms with van der Waals surface area (Å²) in [5, 5.41) is 0.0136. The summed E-state index contributed by atoms with van der Waals surface area (Å²) in [7, 11) is 0. The van der Waals surface area contributed by atoms with E-state index in [-0.39, 0.29) is 11.1 Å². The standard InChI is InChI=1S/C13H12ClFN2O/c1-8(16)9-2-5-13(17-7-9)18-10-3-4-12(15)11(14)6-10/h2-8H,16H2,1H3/t8-/m0/s1. The molecule has 0 fully saturated rings. The number of aromatic nitrogens is 1. The van der Waals surface area contributed by atoms with Crippen LogP contribution in [0.2, 0.25) is 5.02 Å². The van der Waals surface area contributed by atoms with Crippen LogP contribution < -0.4 is 10.5 Å². The largest absolute Gasteiger partial charge is 0.439 e. The Labute approximate surface area is 109 Å². The van der Waals surface area contributed by atoms with Crippen LogP contribution in [0.4, 0.5) is 4.39 Å². The van der Waals surface area contributed by atoms with Crippen molar-refractivity contribution in [3.63, 3.8) is 0 Å². The molecule has 0 amide bonds. The zero-order valence-corrected chi connectivity index (χ0v) is 10.5. The molecule has 2 aromatic rings. The first-order valence-corrected chi connectivity index (χ1v) is 5.78. The molecule has 0 unspecified atom stereocenters. The minimum atomic E-state index is -0.482. The maximum absolute atomic E-state index is 13.0. The van der Waals surface area contributed by atoms with E-state index in [1.807, 2.05) is 13.0 Å². The first-order valence-electron chi connectivity index (χ1n) is 5.40. The Morgan fingerprint density at radius 1 is 1.33 bits per heavy atom. The Bertz CT molecular complexity index is 543. The lowest BCUT2D eigenvalue weighted by molar-refractivity contribution is 0.460. The Balaban J connectivity index is 2.15. The van der Waals surface area contributed by atoms with Crippen molar-refractivity contribution in [3.05, 3.63) is 52.9 Å². The normalized spacial score (nSPS) is 12.2. The molecule has 1 aromatic carbocycles. The third kappa shape index (κ3) is 2.97. The first kappa shape index (κ1) is 12.8. The molecule has 94 valence electrons. The molecule has 0 aliphatic carbocycles. The molecule has 3 nitrogen and oxygen atoms in total. The van der Waals surface area contributed by atoms with Crippen LogP contribution in [0.15, 0.2) is 36.5 Å². The van der Waals surface area contributed by atoms with Gasteiger partial charge >= 0.3 is 0 Å². The lowest BCUT2D eigenvalue weighted by atomic mass is 10.2. The van der Waals surface area contributed by atoms with Crippen molar-refractivity contribution < 1.29 is 9.13 Å². The zero-order chi connectivity index (χ0) is 13.1. The lowest BCUT2D eigenvalue weighted by Gasteiger charge is -2.08. The molecular formula is C13H12ClFN2O. The predicted molar refractivity (Wildman–Crippen MR) is 68.3 cm³/mol. The van der Waals surface area contributed by atoms with Crippen LogP contribution in [0.25, 0.3) is 0 Å². The van der Waals surface area contributed by atoms with Gasteiger partial charge in [-0.25, -0.2) is 9.37 Å². The Morgan fingerprint density at radius 3 is 2.67 bits per heavy atom. The van der Waals surface area contributed by atoms with Gasteiger partial charge in [0.05, 0.1) is 5.02 Å². The number of hydrogen-bond donors (Lipinski definition) is 1. The van der Waals surface area contributed by atoms with E-state index in [1.54, 1.807) is 12.3 Å². The summed E-state index contributed by atoms with van der Waals surface area (Å²) in [6.07, 6.45) is 1.64. The number of rotatable bonds is 3. The lowest BCUT2D eigenvalue weighted by Crippen LogP contribution is -2.05. The zero-order valence-electron chi connectivity index (χ0n) is 9.73. The van der Waals surface area contributed by atoms with Crippen LogP contribution in [0.1, 0.15) is 18.5 Å². The second kappa shape index (κ2) is 5.33. The molecular weight excluding hydrogens is 255 g/mol. The van der Waals surface area contributed by atoms with Crippen LogP contribution >= 0.6 is 11.6 Å². The van der Waals surface area contributed by atoms with Crippen molar-refractivity contribution in [1.82, 2.24) is 4.98 Å². The molecule has 2 N–H and O–H groups in total. The molecule has 0 bridgehead atoms. The SMILES string of the molecule is C[C@H](N)c1ccc(Oc2ccc(F)c(Cl)c2)nc1. The fourth-order valence-electron chi connectivity index (χ4n) is 1.38. The minimum absolute atomic E-state index is 0.0136. The van der Waals surface area contributed by atoms with Gasteiger partial charge in [0, 0.05) is 24.4 Å². The Kier molecular flexibility index (Phi) is 3.79. The molecule has 1 aromatic heterocycles. The molecule has 0 aliphatic heterocycles. The van der Waals surface area contributed by atoms with Gasteiger partial charge in [-0.2, -0.15) is 0 Å². The van der Waals surface area contributed by atoms with E-state index in [9.17, 15) is 4.39 Å². The number of nitrogens with two attached hydrogens (primary N) is 1. The van der Waals surface area contributed by atoms with Gasteiger partial charge in [0.15, 0.2) is 0 Å². The molecule has 0 aliphatic rings. The summed E-state index contributed by atoms with van der Waals surface area (Å²) >= 11 is 5.65. The monoisotopic (exact) mass is 266 g/mol. The van der Waals surface area contributed by atoms with Gasteiger partial charge in [-0.3, -0.25) is 0 Å². The summed E-state index contributed by atoms with van der Waals surface area (Å²) in [5.41, 5.74) is 6.63. The maximum atomic E-state index is 13.0. The Hall–Kier alpha value is -1.65. The highest BCUT2D eigenvalue weighted by molar-refractivity contribution is 6.30. The molecule has 1 atom stereocenters. The highest BCUT2D eigenvalue weighted by Crippen LogP contribution is 2.25. The van der Waals surface area contributed by atoms with Gasteiger partial charge in [0.1, 0.15) is 11.6 Å². The van der Waals surface area contributed by atoms with E-state index in [0.29, 0.717) is 11.6 Å². The predicted octanol–water partition coefficient (Wildman–Crippen LogP) is 3.69. The van der Waals surface area contributed by atoms with Crippen molar-refractivity contribution in [1.29, 1.82) is 0 Å². The van der Waals surface area contributed by atoms with Gasteiger partial charge in [-0.15, -0.1) is 0 Å². The molecule has 18 heavy (non-hydrogen) atoms. The van der Waals surface area contributed by atoms with Crippen molar-refractivity contribution in [3.8, 4) is 11.6 Å². The van der Waals surface area contributed by atoms with Gasteiger partial charge in [0.2, 0.25) is 5.88 Å². The number of benzene rings is 1. The summed E-state index contributed by atoms with van der Waals surface area (Å²) in [6, 6.07) is 7.59. The minimum Gasteiger partial charge on any atom is -0.439 e. The second-order valence-electron chi connectivity index (χ2n) is 3.90. The number of pyridine rings is 1. The number of nitrogens with zero attached hydrogens (tertiary/aromatic N) is 1. The van der Waals surface area contributed by atoms with Crippen molar-refractivity contribution in [2.24, 2.45) is 5.73 Å². The van der Waals surface area contributed by atoms with E-state index < -0.39 is 5.82 Å². The van der Waals surface area contributed by atoms with Gasteiger partial charge in [-0.1, -0.05) is 17.7 Å². The average Bonchev–Trinajstić information content (AvgIpc) is 2.34. The van der Waals surface area contributed by atoms with Gasteiger partial charge in [-0.05, 0) is 24.6 Å². The molecule has 5 heteroatoms. The second-order valence-corrected chi connectivity index (χ2v) is 4.30. The van der Waals surface area contributed by atoms with E-state index in [1.165, 1.54) is 18.2 Å². The average molecular weight is 267 g/mol. The third-order valence-corrected chi connectivity index (χ3v) is 2.69. The highest BCUT2D eigenvalue weighted by Gasteiger charge is 2.05. The van der Waals surface area contributed by atoms with E-state index in [0.717, 1.165) is 5.56 Å². The fourth-order valence-corrected chi connectivity index (χ4v) is 1.55. The number of hydrogen-bond acceptors (Lipinski definition) is 3. The van der Waals surface area contributed by atoms with Gasteiger partial charge < -0.3 is 10.5 Å². The van der Waals surface area contributed by atoms with Crippen molar-refractivity contribution >= 4 is 11.6 Å². The fraction of sp³-hybridized carbons (Fsp3) is 0.154. The van der Waals surface area contributed by atoms with Crippen molar-refractivity contribution in [2.45, 2.75) is 13.0 Å². The van der Waals surface area contributed by atoms with Crippen LogP contribution in [0.3, 0.4) is 0 Å². The first-order chi connectivity index (χ1) is 8.56. The highest BCUT2D eigenvalue weighted by atomic mass is 35.5. The van der Waals surface area contributed by atoms with E-state index >= 15 is 0 Å². The summed E-state index contributed by atoms with van der Waals surface area (Å²) in [6.45, 7) is 1.87. The summed E-state index contributed by atoms with van der Waals surface area (Å²) < 4.78 is 18.4. The molecule has 0 saturated heterocycles. The van der Waals surface area contributed by atoms with Crippen LogP contribution in [-0.2, 0) is 0 Å². The van der Waals surface area contributed by atoms with Crippen LogP contribution in [0.5, 0.6) is 11.6 Å². The van der Waals surface area contributed by atoms with E-state index in [4.69, 9.17) is 22.1 Å². The topological polar surface area (TPSA) is 48.1 Å². The van der Waals surface area contributed by atoms with Crippen molar-refractivity contribution in [2.75, 3.05) is 0 Å². The molecule has 0 radical (unpaired) electrons. The smallest absolute Gasteiger partial charge is 0.219 e. The van der Waals surface area contributed by atoms with Gasteiger partial charge in [0.25, 0.3) is 0 Å². The van der Waals surface area contributed by atoms with Crippen LogP contribution in [-0.4, -0.2) is 4.98 Å². The van der Waals surface area contributed by atoms with E-state index in [2.05, 4.69) is 4.98 Å². The number of halogens is 2. The molecule has 2 rings (SSSR count). The maximum Gasteiger partial charge on any atom is 0.219 e. The quantitative estimate of drug-likeness (QED) is 0.922. The molecule has 0 spiro atoms. The summed E-state index contributed by atoms with van der Waals surface area (Å²) in [4.78, 5) is 4.11. The van der Waals surface area contributed by atoms with Crippen LogP contribution in [0, 0.1) is 5.82 Å².